The summed E-state index contributed by atoms with van der Waals surface area (Å²) in [7, 11) is 1.60. The van der Waals surface area contributed by atoms with E-state index in [2.05, 4.69) is 5.32 Å². The number of para-hydroxylation sites is 1. The fraction of sp³-hybridized carbons (Fsp3) is 0.148. The Balaban J connectivity index is 1.68. The normalized spacial score (nSPS) is 15.5. The van der Waals surface area contributed by atoms with Gasteiger partial charge in [0, 0.05) is 10.6 Å². The number of ether oxygens (including phenoxy) is 1. The molecule has 1 unspecified atom stereocenters. The zero-order valence-corrected chi connectivity index (χ0v) is 21.1. The van der Waals surface area contributed by atoms with Gasteiger partial charge in [-0.25, -0.2) is 4.99 Å². The molecule has 0 radical (unpaired) electrons. The van der Waals surface area contributed by atoms with Gasteiger partial charge < -0.3 is 10.1 Å². The largest absolute Gasteiger partial charge is 0.497 e. The quantitative estimate of drug-likeness (QED) is 0.444. The van der Waals surface area contributed by atoms with Crippen LogP contribution in [0.5, 0.6) is 5.75 Å². The molecule has 176 valence electrons. The number of anilines is 1. The summed E-state index contributed by atoms with van der Waals surface area (Å²) in [4.78, 5) is 33.5. The number of nitrogens with zero attached hydrogens (tertiary/aromatic N) is 2. The molecule has 1 atom stereocenters. The van der Waals surface area contributed by atoms with Gasteiger partial charge in [-0.2, -0.15) is 0 Å². The predicted molar refractivity (Wildman–Crippen MR) is 141 cm³/mol. The lowest BCUT2D eigenvalue weighted by atomic mass is 9.95. The summed E-state index contributed by atoms with van der Waals surface area (Å²) in [6.45, 7) is 3.84. The highest BCUT2D eigenvalue weighted by atomic mass is 32.1. The van der Waals surface area contributed by atoms with Crippen LogP contribution in [0.1, 0.15) is 29.0 Å². The van der Waals surface area contributed by atoms with E-state index >= 15 is 0 Å². The second-order valence-electron chi connectivity index (χ2n) is 8.14. The van der Waals surface area contributed by atoms with Gasteiger partial charge in [0.1, 0.15) is 5.75 Å². The lowest BCUT2D eigenvalue weighted by Crippen LogP contribution is -2.40. The van der Waals surface area contributed by atoms with E-state index in [1.165, 1.54) is 11.3 Å². The number of aryl methyl sites for hydroxylation is 1. The van der Waals surface area contributed by atoms with Crippen LogP contribution >= 0.6 is 22.7 Å². The SMILES string of the molecule is COc1ccc(C2C(C(=O)Nc3ccccc3)=C(C)N=c3s/c(=C/c4sccc4C)c(=O)n32)cc1. The molecule has 0 fully saturated rings. The molecule has 1 aliphatic heterocycles. The number of thiazole rings is 1. The van der Waals surface area contributed by atoms with E-state index in [0.29, 0.717) is 32.0 Å². The first-order valence-corrected chi connectivity index (χ1v) is 12.7. The zero-order chi connectivity index (χ0) is 24.5. The number of aromatic nitrogens is 1. The Bertz CT molecular complexity index is 1610. The number of allylic oxidation sites excluding steroid dienone is 1. The van der Waals surface area contributed by atoms with E-state index in [1.54, 1.807) is 23.0 Å². The van der Waals surface area contributed by atoms with Crippen molar-refractivity contribution in [3.63, 3.8) is 0 Å². The molecule has 0 bridgehead atoms. The van der Waals surface area contributed by atoms with Gasteiger partial charge in [-0.3, -0.25) is 14.2 Å². The number of carbonyl (C=O) groups excluding carboxylic acids is 1. The van der Waals surface area contributed by atoms with E-state index in [-0.39, 0.29) is 11.5 Å². The number of methoxy groups -OCH3 is 1. The van der Waals surface area contributed by atoms with Crippen LogP contribution in [0.4, 0.5) is 5.69 Å². The molecule has 4 aromatic rings. The smallest absolute Gasteiger partial charge is 0.271 e. The van der Waals surface area contributed by atoms with Crippen molar-refractivity contribution in [2.45, 2.75) is 19.9 Å². The van der Waals surface area contributed by atoms with Crippen LogP contribution in [0.25, 0.3) is 6.08 Å². The lowest BCUT2D eigenvalue weighted by molar-refractivity contribution is -0.113. The zero-order valence-electron chi connectivity index (χ0n) is 19.4. The van der Waals surface area contributed by atoms with Crippen LogP contribution < -0.4 is 24.9 Å². The molecule has 0 spiro atoms. The number of fused-ring (bicyclic) bond motifs is 1. The maximum Gasteiger partial charge on any atom is 0.271 e. The van der Waals surface area contributed by atoms with Crippen molar-refractivity contribution in [2.75, 3.05) is 12.4 Å². The second-order valence-corrected chi connectivity index (χ2v) is 10.1. The molecule has 6 nitrogen and oxygen atoms in total. The van der Waals surface area contributed by atoms with Gasteiger partial charge in [0.15, 0.2) is 4.80 Å². The van der Waals surface area contributed by atoms with Gasteiger partial charge in [-0.15, -0.1) is 11.3 Å². The van der Waals surface area contributed by atoms with Gasteiger partial charge in [0.2, 0.25) is 0 Å². The molecule has 1 amide bonds. The van der Waals surface area contributed by atoms with Gasteiger partial charge >= 0.3 is 0 Å². The maximum absolute atomic E-state index is 13.7. The fourth-order valence-electron chi connectivity index (χ4n) is 4.08. The molecule has 0 saturated heterocycles. The van der Waals surface area contributed by atoms with E-state index in [1.807, 2.05) is 86.0 Å². The molecular formula is C27H23N3O3S2. The van der Waals surface area contributed by atoms with Gasteiger partial charge in [-0.05, 0) is 66.8 Å². The van der Waals surface area contributed by atoms with E-state index in [0.717, 1.165) is 16.0 Å². The van der Waals surface area contributed by atoms with Gasteiger partial charge in [0.25, 0.3) is 11.5 Å². The summed E-state index contributed by atoms with van der Waals surface area (Å²) in [5, 5.41) is 4.97. The topological polar surface area (TPSA) is 72.7 Å². The highest BCUT2D eigenvalue weighted by Crippen LogP contribution is 2.31. The number of thiophene rings is 1. The van der Waals surface area contributed by atoms with Crippen molar-refractivity contribution in [1.82, 2.24) is 4.57 Å². The van der Waals surface area contributed by atoms with Gasteiger partial charge in [0.05, 0.1) is 29.0 Å². The average Bonchev–Trinajstić information content (AvgIpc) is 3.41. The lowest BCUT2D eigenvalue weighted by Gasteiger charge is -2.25. The minimum absolute atomic E-state index is 0.167. The molecule has 1 aliphatic rings. The van der Waals surface area contributed by atoms with Crippen LogP contribution in [0.3, 0.4) is 0 Å². The minimum atomic E-state index is -0.618. The fourth-order valence-corrected chi connectivity index (χ4v) is 6.05. The van der Waals surface area contributed by atoms with Crippen molar-refractivity contribution in [3.8, 4) is 5.75 Å². The monoisotopic (exact) mass is 501 g/mol. The van der Waals surface area contributed by atoms with Crippen LogP contribution in [-0.4, -0.2) is 17.6 Å². The first kappa shape index (κ1) is 23.0. The van der Waals surface area contributed by atoms with E-state index in [9.17, 15) is 9.59 Å². The summed E-state index contributed by atoms with van der Waals surface area (Å²) in [5.41, 5.74) is 3.45. The van der Waals surface area contributed by atoms with Crippen LogP contribution in [0.15, 0.2) is 87.1 Å². The summed E-state index contributed by atoms with van der Waals surface area (Å²) in [6, 6.07) is 18.1. The third kappa shape index (κ3) is 4.38. The van der Waals surface area contributed by atoms with Crippen molar-refractivity contribution in [2.24, 2.45) is 4.99 Å². The Hall–Kier alpha value is -3.75. The molecule has 2 aromatic carbocycles. The van der Waals surface area contributed by atoms with Crippen LogP contribution in [-0.2, 0) is 4.79 Å². The number of carbonyl (C=O) groups is 1. The Morgan fingerprint density at radius 2 is 1.83 bits per heavy atom. The molecule has 0 aliphatic carbocycles. The summed E-state index contributed by atoms with van der Waals surface area (Å²) >= 11 is 2.93. The Morgan fingerprint density at radius 1 is 1.09 bits per heavy atom. The van der Waals surface area contributed by atoms with Crippen molar-refractivity contribution < 1.29 is 9.53 Å². The molecule has 8 heteroatoms. The number of hydrogen-bond acceptors (Lipinski definition) is 6. The van der Waals surface area contributed by atoms with Crippen LogP contribution in [0.2, 0.25) is 0 Å². The van der Waals surface area contributed by atoms with Crippen molar-refractivity contribution in [1.29, 1.82) is 0 Å². The highest BCUT2D eigenvalue weighted by molar-refractivity contribution is 7.11. The summed E-state index contributed by atoms with van der Waals surface area (Å²) in [6.07, 6.45) is 1.91. The maximum atomic E-state index is 13.7. The van der Waals surface area contributed by atoms with Crippen molar-refractivity contribution >= 4 is 40.3 Å². The third-order valence-electron chi connectivity index (χ3n) is 5.89. The first-order valence-electron chi connectivity index (χ1n) is 11.0. The molecule has 0 saturated carbocycles. The average molecular weight is 502 g/mol. The Morgan fingerprint density at radius 3 is 2.49 bits per heavy atom. The third-order valence-corrected chi connectivity index (χ3v) is 7.84. The molecule has 1 N–H and O–H groups in total. The molecule has 2 aromatic heterocycles. The van der Waals surface area contributed by atoms with Crippen molar-refractivity contribution in [3.05, 3.63) is 113 Å². The number of amides is 1. The molecule has 3 heterocycles. The highest BCUT2D eigenvalue weighted by Gasteiger charge is 2.32. The standard InChI is InChI=1S/C27H23N3O3S2/c1-16-13-14-34-21(16)15-22-26(32)30-24(18-9-11-20(33-3)12-10-18)23(17(2)28-27(30)35-22)25(31)29-19-7-5-4-6-8-19/h4-15,24H,1-3H3,(H,29,31)/b22-15+. The van der Waals surface area contributed by atoms with E-state index < -0.39 is 6.04 Å². The molecule has 5 rings (SSSR count). The number of rotatable bonds is 5. The predicted octanol–water partition coefficient (Wildman–Crippen LogP) is 4.25. The molecule has 35 heavy (non-hydrogen) atoms. The summed E-state index contributed by atoms with van der Waals surface area (Å²) in [5.74, 6) is 0.409. The van der Waals surface area contributed by atoms with Crippen LogP contribution in [0, 0.1) is 6.92 Å². The minimum Gasteiger partial charge on any atom is -0.497 e. The summed E-state index contributed by atoms with van der Waals surface area (Å²) < 4.78 is 7.54. The Labute approximate surface area is 210 Å². The first-order chi connectivity index (χ1) is 17.0. The molecular weight excluding hydrogens is 478 g/mol. The second kappa shape index (κ2) is 9.48. The number of benzene rings is 2. The number of nitrogens with one attached hydrogen (secondary N) is 1. The number of hydrogen-bond donors (Lipinski definition) is 1. The Kier molecular flexibility index (Phi) is 6.23. The van der Waals surface area contributed by atoms with Gasteiger partial charge in [-0.1, -0.05) is 41.7 Å². The van der Waals surface area contributed by atoms with E-state index in [4.69, 9.17) is 9.73 Å².